The zero-order valence-corrected chi connectivity index (χ0v) is 12.5. The lowest BCUT2D eigenvalue weighted by molar-refractivity contribution is -0.271. The summed E-state index contributed by atoms with van der Waals surface area (Å²) in [5.41, 5.74) is 0. The van der Waals surface area contributed by atoms with Crippen LogP contribution < -0.4 is 5.32 Å². The molecule has 0 bridgehead atoms. The van der Waals surface area contributed by atoms with Crippen molar-refractivity contribution in [1.82, 2.24) is 5.32 Å². The van der Waals surface area contributed by atoms with Gasteiger partial charge in [0.25, 0.3) is 0 Å². The molecule has 0 aromatic carbocycles. The van der Waals surface area contributed by atoms with Gasteiger partial charge in [-0.15, -0.1) is 11.6 Å². The number of rotatable bonds is 8. The number of hydrogen-bond donors (Lipinski definition) is 4. The molecule has 0 saturated carbocycles. The molecule has 21 heavy (non-hydrogen) atoms. The first-order chi connectivity index (χ1) is 10.0. The number of hydrogen-bond acceptors (Lipinski definition) is 7. The molecule has 1 amide bonds. The SMILES string of the molecule is CC(=O)N[C@@H]1[C@@H](OCCOCCCl)O[C@@H](CO)[C@@H](O)[C@@H]1O. The lowest BCUT2D eigenvalue weighted by Crippen LogP contribution is -2.64. The van der Waals surface area contributed by atoms with Gasteiger partial charge in [0.15, 0.2) is 6.29 Å². The summed E-state index contributed by atoms with van der Waals surface area (Å²) in [6.07, 6.45) is -4.62. The highest BCUT2D eigenvalue weighted by Crippen LogP contribution is 2.22. The van der Waals surface area contributed by atoms with Crippen molar-refractivity contribution in [3.8, 4) is 0 Å². The summed E-state index contributed by atoms with van der Waals surface area (Å²) in [6, 6.07) is -0.937. The average molecular weight is 328 g/mol. The quantitative estimate of drug-likeness (QED) is 0.307. The summed E-state index contributed by atoms with van der Waals surface area (Å²) in [5.74, 6) is -0.0318. The van der Waals surface area contributed by atoms with Gasteiger partial charge in [-0.1, -0.05) is 0 Å². The van der Waals surface area contributed by atoms with Crippen molar-refractivity contribution >= 4 is 17.5 Å². The van der Waals surface area contributed by atoms with Gasteiger partial charge in [0, 0.05) is 12.8 Å². The van der Waals surface area contributed by atoms with Gasteiger partial charge in [-0.25, -0.2) is 0 Å². The Hall–Kier alpha value is -0.480. The fraction of sp³-hybridized carbons (Fsp3) is 0.917. The number of aliphatic hydroxyl groups excluding tert-OH is 3. The van der Waals surface area contributed by atoms with Crippen molar-refractivity contribution in [2.75, 3.05) is 32.3 Å². The molecule has 1 aliphatic heterocycles. The van der Waals surface area contributed by atoms with E-state index < -0.39 is 43.2 Å². The van der Waals surface area contributed by atoms with Crippen molar-refractivity contribution in [3.63, 3.8) is 0 Å². The number of carbonyl (C=O) groups excluding carboxylic acids is 1. The number of alkyl halides is 1. The van der Waals surface area contributed by atoms with Crippen LogP contribution in [0.4, 0.5) is 0 Å². The van der Waals surface area contributed by atoms with Gasteiger partial charge in [0.05, 0.1) is 26.4 Å². The smallest absolute Gasteiger partial charge is 0.217 e. The van der Waals surface area contributed by atoms with E-state index in [2.05, 4.69) is 5.32 Å². The van der Waals surface area contributed by atoms with Crippen LogP contribution in [-0.4, -0.2) is 84.2 Å². The third kappa shape index (κ3) is 5.67. The number of halogens is 1. The first kappa shape index (κ1) is 18.6. The third-order valence-corrected chi connectivity index (χ3v) is 3.14. The number of amides is 1. The van der Waals surface area contributed by atoms with Crippen molar-refractivity contribution in [3.05, 3.63) is 0 Å². The summed E-state index contributed by atoms with van der Waals surface area (Å²) < 4.78 is 15.9. The molecule has 8 nitrogen and oxygen atoms in total. The maximum absolute atomic E-state index is 11.2. The minimum atomic E-state index is -1.32. The van der Waals surface area contributed by atoms with Crippen LogP contribution in [0.5, 0.6) is 0 Å². The highest BCUT2D eigenvalue weighted by Gasteiger charge is 2.45. The van der Waals surface area contributed by atoms with Gasteiger partial charge in [-0.3, -0.25) is 4.79 Å². The van der Waals surface area contributed by atoms with Crippen LogP contribution in [0.2, 0.25) is 0 Å². The molecule has 1 aliphatic rings. The Kier molecular flexibility index (Phi) is 8.42. The first-order valence-electron chi connectivity index (χ1n) is 6.66. The van der Waals surface area contributed by atoms with E-state index in [-0.39, 0.29) is 13.2 Å². The Morgan fingerprint density at radius 3 is 2.57 bits per heavy atom. The number of carbonyl (C=O) groups is 1. The van der Waals surface area contributed by atoms with Crippen molar-refractivity contribution in [2.24, 2.45) is 0 Å². The van der Waals surface area contributed by atoms with E-state index in [1.807, 2.05) is 0 Å². The second-order valence-corrected chi connectivity index (χ2v) is 4.98. The maximum atomic E-state index is 11.2. The normalized spacial score (nSPS) is 32.9. The summed E-state index contributed by atoms with van der Waals surface area (Å²) in [5, 5.41) is 31.4. The summed E-state index contributed by atoms with van der Waals surface area (Å²) in [6.45, 7) is 1.60. The lowest BCUT2D eigenvalue weighted by Gasteiger charge is -2.42. The minimum Gasteiger partial charge on any atom is -0.394 e. The molecule has 1 heterocycles. The highest BCUT2D eigenvalue weighted by atomic mass is 35.5. The molecule has 0 aromatic heterocycles. The van der Waals surface area contributed by atoms with E-state index in [4.69, 9.17) is 30.9 Å². The summed E-state index contributed by atoms with van der Waals surface area (Å²) >= 11 is 5.46. The Balaban J connectivity index is 2.58. The van der Waals surface area contributed by atoms with Crippen LogP contribution in [0, 0.1) is 0 Å². The monoisotopic (exact) mass is 327 g/mol. The van der Waals surface area contributed by atoms with Crippen molar-refractivity contribution in [1.29, 1.82) is 0 Å². The predicted octanol–water partition coefficient (Wildman–Crippen LogP) is -1.80. The minimum absolute atomic E-state index is 0.151. The molecule has 0 spiro atoms. The number of aliphatic hydroxyl groups is 3. The van der Waals surface area contributed by atoms with Crippen molar-refractivity contribution in [2.45, 2.75) is 37.6 Å². The Labute approximate surface area is 127 Å². The summed E-state index contributed by atoms with van der Waals surface area (Å²) in [4.78, 5) is 11.2. The van der Waals surface area contributed by atoms with Gasteiger partial charge >= 0.3 is 0 Å². The first-order valence-corrected chi connectivity index (χ1v) is 7.19. The van der Waals surface area contributed by atoms with Crippen LogP contribution in [0.1, 0.15) is 6.92 Å². The van der Waals surface area contributed by atoms with Crippen LogP contribution >= 0.6 is 11.6 Å². The highest BCUT2D eigenvalue weighted by molar-refractivity contribution is 6.17. The van der Waals surface area contributed by atoms with Gasteiger partial charge in [-0.05, 0) is 0 Å². The van der Waals surface area contributed by atoms with E-state index in [1.165, 1.54) is 6.92 Å². The fourth-order valence-corrected chi connectivity index (χ4v) is 2.10. The third-order valence-electron chi connectivity index (χ3n) is 2.98. The van der Waals surface area contributed by atoms with Gasteiger partial charge in [0.2, 0.25) is 5.91 Å². The largest absolute Gasteiger partial charge is 0.394 e. The van der Waals surface area contributed by atoms with Gasteiger partial charge in [0.1, 0.15) is 24.4 Å². The van der Waals surface area contributed by atoms with Gasteiger partial charge in [-0.2, -0.15) is 0 Å². The standard InChI is InChI=1S/C12H22ClNO7/c1-7(16)14-9-11(18)10(17)8(6-15)21-12(9)20-5-4-19-3-2-13/h8-12,15,17-18H,2-6H2,1H3,(H,14,16)/t8-,9-,10+,11+,12-/m0/s1. The van der Waals surface area contributed by atoms with Crippen LogP contribution in [-0.2, 0) is 19.0 Å². The maximum Gasteiger partial charge on any atom is 0.217 e. The predicted molar refractivity (Wildman–Crippen MR) is 72.9 cm³/mol. The van der Waals surface area contributed by atoms with Gasteiger partial charge < -0.3 is 34.8 Å². The molecular weight excluding hydrogens is 306 g/mol. The molecule has 9 heteroatoms. The molecule has 124 valence electrons. The Bertz CT molecular complexity index is 320. The molecule has 0 aliphatic carbocycles. The lowest BCUT2D eigenvalue weighted by atomic mass is 9.97. The molecule has 0 aromatic rings. The van der Waals surface area contributed by atoms with E-state index >= 15 is 0 Å². The second kappa shape index (κ2) is 9.52. The number of nitrogens with one attached hydrogen (secondary N) is 1. The van der Waals surface area contributed by atoms with Crippen molar-refractivity contribution < 1.29 is 34.3 Å². The number of ether oxygens (including phenoxy) is 3. The Morgan fingerprint density at radius 1 is 1.29 bits per heavy atom. The molecule has 0 unspecified atom stereocenters. The fourth-order valence-electron chi connectivity index (χ4n) is 1.99. The van der Waals surface area contributed by atoms with E-state index in [1.54, 1.807) is 0 Å². The summed E-state index contributed by atoms with van der Waals surface area (Å²) in [7, 11) is 0. The second-order valence-electron chi connectivity index (χ2n) is 4.61. The van der Waals surface area contributed by atoms with Crippen LogP contribution in [0.3, 0.4) is 0 Å². The topological polar surface area (TPSA) is 117 Å². The molecule has 1 rings (SSSR count). The van der Waals surface area contributed by atoms with Crippen LogP contribution in [0.25, 0.3) is 0 Å². The molecular formula is C12H22ClNO7. The molecule has 4 N–H and O–H groups in total. The van der Waals surface area contributed by atoms with E-state index in [0.717, 1.165) is 0 Å². The zero-order chi connectivity index (χ0) is 15.8. The Morgan fingerprint density at radius 2 is 2.00 bits per heavy atom. The van der Waals surface area contributed by atoms with E-state index in [0.29, 0.717) is 12.5 Å². The molecule has 1 saturated heterocycles. The molecule has 1 fully saturated rings. The average Bonchev–Trinajstić information content (AvgIpc) is 2.45. The van der Waals surface area contributed by atoms with Crippen LogP contribution in [0.15, 0.2) is 0 Å². The van der Waals surface area contributed by atoms with E-state index in [9.17, 15) is 15.0 Å². The molecule has 0 radical (unpaired) electrons. The molecule has 5 atom stereocenters. The zero-order valence-electron chi connectivity index (χ0n) is 11.8.